The van der Waals surface area contributed by atoms with Crippen LogP contribution >= 0.6 is 11.8 Å². The molecule has 3 nitrogen and oxygen atoms in total. The van der Waals surface area contributed by atoms with E-state index in [1.54, 1.807) is 19.1 Å². The average molecular weight is 306 g/mol. The molecule has 0 amide bonds. The first-order chi connectivity index (χ1) is 10.1. The molecule has 2 aromatic rings. The van der Waals surface area contributed by atoms with Gasteiger partial charge in [-0.25, -0.2) is 4.39 Å². The van der Waals surface area contributed by atoms with Crippen LogP contribution in [0.2, 0.25) is 0 Å². The van der Waals surface area contributed by atoms with Crippen LogP contribution in [-0.2, 0) is 0 Å². The van der Waals surface area contributed by atoms with E-state index in [4.69, 9.17) is 9.47 Å². The van der Waals surface area contributed by atoms with Crippen LogP contribution in [0.5, 0.6) is 11.5 Å². The lowest BCUT2D eigenvalue weighted by Gasteiger charge is -2.19. The number of aliphatic hydroxyl groups is 1. The Bertz CT molecular complexity index is 658. The SMILES string of the molecule is CC(O)c1c(F)cccc1Sc1ccc2c(c1)OCCO2. The lowest BCUT2D eigenvalue weighted by atomic mass is 10.1. The maximum absolute atomic E-state index is 13.9. The predicted octanol–water partition coefficient (Wildman–Crippen LogP) is 3.80. The quantitative estimate of drug-likeness (QED) is 0.936. The number of fused-ring (bicyclic) bond motifs is 1. The second-order valence-corrected chi connectivity index (χ2v) is 5.85. The van der Waals surface area contributed by atoms with E-state index in [0.717, 1.165) is 10.6 Å². The third-order valence-electron chi connectivity index (χ3n) is 3.17. The molecule has 110 valence electrons. The fraction of sp³-hybridized carbons (Fsp3) is 0.250. The van der Waals surface area contributed by atoms with E-state index < -0.39 is 11.9 Å². The maximum atomic E-state index is 13.9. The van der Waals surface area contributed by atoms with E-state index in [1.807, 2.05) is 18.2 Å². The third-order valence-corrected chi connectivity index (χ3v) is 4.24. The molecular weight excluding hydrogens is 291 g/mol. The highest BCUT2D eigenvalue weighted by Crippen LogP contribution is 2.39. The molecule has 1 atom stereocenters. The smallest absolute Gasteiger partial charge is 0.162 e. The molecule has 1 aliphatic heterocycles. The van der Waals surface area contributed by atoms with E-state index in [0.29, 0.717) is 29.4 Å². The molecule has 0 fully saturated rings. The number of rotatable bonds is 3. The van der Waals surface area contributed by atoms with Crippen LogP contribution in [0.15, 0.2) is 46.2 Å². The Kier molecular flexibility index (Phi) is 4.03. The number of hydrogen-bond acceptors (Lipinski definition) is 4. The number of benzene rings is 2. The molecule has 0 aromatic heterocycles. The molecule has 0 saturated heterocycles. The van der Waals surface area contributed by atoms with Crippen molar-refractivity contribution in [3.05, 3.63) is 47.8 Å². The first-order valence-electron chi connectivity index (χ1n) is 6.69. The van der Waals surface area contributed by atoms with E-state index in [-0.39, 0.29) is 0 Å². The van der Waals surface area contributed by atoms with Gasteiger partial charge in [-0.05, 0) is 37.3 Å². The van der Waals surface area contributed by atoms with Crippen LogP contribution in [0.4, 0.5) is 4.39 Å². The molecular formula is C16H15FO3S. The van der Waals surface area contributed by atoms with Gasteiger partial charge >= 0.3 is 0 Å². The summed E-state index contributed by atoms with van der Waals surface area (Å²) >= 11 is 1.39. The van der Waals surface area contributed by atoms with Gasteiger partial charge in [0.15, 0.2) is 11.5 Å². The average Bonchev–Trinajstić information content (AvgIpc) is 2.47. The third kappa shape index (κ3) is 2.99. The summed E-state index contributed by atoms with van der Waals surface area (Å²) in [5.74, 6) is 1.02. The van der Waals surface area contributed by atoms with E-state index in [9.17, 15) is 9.50 Å². The summed E-state index contributed by atoms with van der Waals surface area (Å²) in [6.45, 7) is 2.64. The first-order valence-corrected chi connectivity index (χ1v) is 7.51. The Hall–Kier alpha value is -1.72. The van der Waals surface area contributed by atoms with Gasteiger partial charge in [-0.15, -0.1) is 0 Å². The highest BCUT2D eigenvalue weighted by Gasteiger charge is 2.16. The van der Waals surface area contributed by atoms with Crippen molar-refractivity contribution in [2.24, 2.45) is 0 Å². The number of halogens is 1. The topological polar surface area (TPSA) is 38.7 Å². The fourth-order valence-electron chi connectivity index (χ4n) is 2.23. The molecule has 0 aliphatic carbocycles. The molecule has 1 N–H and O–H groups in total. The van der Waals surface area contributed by atoms with E-state index in [1.165, 1.54) is 17.8 Å². The first kappa shape index (κ1) is 14.2. The van der Waals surface area contributed by atoms with Crippen molar-refractivity contribution in [1.82, 2.24) is 0 Å². The van der Waals surface area contributed by atoms with Crippen LogP contribution < -0.4 is 9.47 Å². The van der Waals surface area contributed by atoms with Crippen LogP contribution in [0.3, 0.4) is 0 Å². The molecule has 1 heterocycles. The fourth-order valence-corrected chi connectivity index (χ4v) is 3.31. The zero-order valence-electron chi connectivity index (χ0n) is 11.5. The van der Waals surface area contributed by atoms with Gasteiger partial charge in [-0.1, -0.05) is 17.8 Å². The van der Waals surface area contributed by atoms with Gasteiger partial charge in [-0.2, -0.15) is 0 Å². The van der Waals surface area contributed by atoms with Crippen molar-refractivity contribution in [2.45, 2.75) is 22.8 Å². The normalized spacial score (nSPS) is 14.8. The van der Waals surface area contributed by atoms with Gasteiger partial charge in [0.25, 0.3) is 0 Å². The molecule has 0 bridgehead atoms. The van der Waals surface area contributed by atoms with Gasteiger partial charge in [0, 0.05) is 15.4 Å². The Morgan fingerprint density at radius 1 is 1.14 bits per heavy atom. The van der Waals surface area contributed by atoms with Crippen molar-refractivity contribution in [3.63, 3.8) is 0 Å². The highest BCUT2D eigenvalue weighted by molar-refractivity contribution is 7.99. The van der Waals surface area contributed by atoms with Gasteiger partial charge in [0.05, 0.1) is 6.10 Å². The minimum atomic E-state index is -0.856. The Morgan fingerprint density at radius 2 is 1.90 bits per heavy atom. The second-order valence-electron chi connectivity index (χ2n) is 4.74. The Morgan fingerprint density at radius 3 is 2.67 bits per heavy atom. The van der Waals surface area contributed by atoms with Gasteiger partial charge in [0.1, 0.15) is 19.0 Å². The van der Waals surface area contributed by atoms with Gasteiger partial charge in [0.2, 0.25) is 0 Å². The van der Waals surface area contributed by atoms with Crippen LogP contribution in [0.1, 0.15) is 18.6 Å². The number of aliphatic hydroxyl groups excluding tert-OH is 1. The minimum absolute atomic E-state index is 0.317. The molecule has 1 unspecified atom stereocenters. The van der Waals surface area contributed by atoms with Crippen molar-refractivity contribution in [2.75, 3.05) is 13.2 Å². The van der Waals surface area contributed by atoms with Gasteiger partial charge in [-0.3, -0.25) is 0 Å². The molecule has 2 aromatic carbocycles. The van der Waals surface area contributed by atoms with Crippen molar-refractivity contribution < 1.29 is 19.0 Å². The summed E-state index contributed by atoms with van der Waals surface area (Å²) < 4.78 is 24.9. The largest absolute Gasteiger partial charge is 0.486 e. The Balaban J connectivity index is 1.92. The second kappa shape index (κ2) is 5.95. The predicted molar refractivity (Wildman–Crippen MR) is 78.6 cm³/mol. The van der Waals surface area contributed by atoms with Crippen molar-refractivity contribution in [3.8, 4) is 11.5 Å². The summed E-state index contributed by atoms with van der Waals surface area (Å²) in [4.78, 5) is 1.61. The minimum Gasteiger partial charge on any atom is -0.486 e. The zero-order valence-corrected chi connectivity index (χ0v) is 12.3. The van der Waals surface area contributed by atoms with Crippen LogP contribution in [0.25, 0.3) is 0 Å². The van der Waals surface area contributed by atoms with E-state index >= 15 is 0 Å². The summed E-state index contributed by atoms with van der Waals surface area (Å²) in [5, 5.41) is 9.76. The summed E-state index contributed by atoms with van der Waals surface area (Å²) in [6.07, 6.45) is -0.856. The molecule has 5 heteroatoms. The summed E-state index contributed by atoms with van der Waals surface area (Å²) in [5.41, 5.74) is 0.317. The molecule has 0 spiro atoms. The molecule has 21 heavy (non-hydrogen) atoms. The highest BCUT2D eigenvalue weighted by atomic mass is 32.2. The van der Waals surface area contributed by atoms with Crippen LogP contribution in [-0.4, -0.2) is 18.3 Å². The zero-order chi connectivity index (χ0) is 14.8. The molecule has 0 radical (unpaired) electrons. The molecule has 0 saturated carbocycles. The summed E-state index contributed by atoms with van der Waals surface area (Å²) in [7, 11) is 0. The van der Waals surface area contributed by atoms with Crippen molar-refractivity contribution >= 4 is 11.8 Å². The molecule has 1 aliphatic rings. The van der Waals surface area contributed by atoms with Crippen LogP contribution in [0, 0.1) is 5.82 Å². The lowest BCUT2D eigenvalue weighted by molar-refractivity contribution is 0.171. The molecule has 3 rings (SSSR count). The standard InChI is InChI=1S/C16H15FO3S/c1-10(18)16-12(17)3-2-4-15(16)21-11-5-6-13-14(9-11)20-8-7-19-13/h2-6,9-10,18H,7-8H2,1H3. The summed E-state index contributed by atoms with van der Waals surface area (Å²) in [6, 6.07) is 10.4. The van der Waals surface area contributed by atoms with Gasteiger partial charge < -0.3 is 14.6 Å². The maximum Gasteiger partial charge on any atom is 0.162 e. The van der Waals surface area contributed by atoms with E-state index in [2.05, 4.69) is 0 Å². The van der Waals surface area contributed by atoms with Crippen molar-refractivity contribution in [1.29, 1.82) is 0 Å². The monoisotopic (exact) mass is 306 g/mol. The number of hydrogen-bond donors (Lipinski definition) is 1. The number of ether oxygens (including phenoxy) is 2. The lowest BCUT2D eigenvalue weighted by Crippen LogP contribution is -2.15. The Labute approximate surface area is 126 Å².